The Morgan fingerprint density at radius 1 is 0.903 bits per heavy atom. The topological polar surface area (TPSA) is 37.4 Å². The van der Waals surface area contributed by atoms with E-state index < -0.39 is 17.0 Å². The standard InChI is InChI=1S/C25H15ClFNO2S/c26-21-10-5-11-22(27)20(21)14-28-24(29)23(31-25(28)30)13-19-17-8-3-1-6-15(17)12-16-7-2-4-9-18(16)19/h1-13H,14H2/b23-13+. The van der Waals surface area contributed by atoms with E-state index in [1.165, 1.54) is 18.2 Å². The molecule has 1 aliphatic heterocycles. The molecule has 0 saturated carbocycles. The number of hydrogen-bond acceptors (Lipinski definition) is 3. The van der Waals surface area contributed by atoms with Crippen LogP contribution in [0.5, 0.6) is 0 Å². The number of fused-ring (bicyclic) bond motifs is 2. The molecule has 0 bridgehead atoms. The third-order valence-corrected chi connectivity index (χ3v) is 6.60. The second kappa shape index (κ2) is 7.84. The van der Waals surface area contributed by atoms with Crippen LogP contribution in [0.4, 0.5) is 9.18 Å². The summed E-state index contributed by atoms with van der Waals surface area (Å²) >= 11 is 6.95. The molecule has 0 atom stereocenters. The first kappa shape index (κ1) is 19.8. The van der Waals surface area contributed by atoms with E-state index in [4.69, 9.17) is 11.6 Å². The maximum absolute atomic E-state index is 14.2. The van der Waals surface area contributed by atoms with Gasteiger partial charge in [-0.15, -0.1) is 0 Å². The Kier molecular flexibility index (Phi) is 5.00. The Labute approximate surface area is 187 Å². The molecule has 0 spiro atoms. The molecule has 1 saturated heterocycles. The van der Waals surface area contributed by atoms with Crippen LogP contribution in [0.3, 0.4) is 0 Å². The molecular weight excluding hydrogens is 433 g/mol. The lowest BCUT2D eigenvalue weighted by Gasteiger charge is -2.14. The van der Waals surface area contributed by atoms with E-state index in [0.29, 0.717) is 4.91 Å². The van der Waals surface area contributed by atoms with Crippen molar-refractivity contribution in [3.05, 3.63) is 99.7 Å². The summed E-state index contributed by atoms with van der Waals surface area (Å²) in [5.41, 5.74) is 1.01. The lowest BCUT2D eigenvalue weighted by Crippen LogP contribution is -2.28. The summed E-state index contributed by atoms with van der Waals surface area (Å²) in [6.07, 6.45) is 1.76. The van der Waals surface area contributed by atoms with Gasteiger partial charge in [-0.3, -0.25) is 14.5 Å². The zero-order valence-electron chi connectivity index (χ0n) is 16.1. The van der Waals surface area contributed by atoms with Crippen molar-refractivity contribution in [2.75, 3.05) is 0 Å². The highest BCUT2D eigenvalue weighted by atomic mass is 35.5. The van der Waals surface area contributed by atoms with Crippen molar-refractivity contribution in [3.8, 4) is 0 Å². The van der Waals surface area contributed by atoms with Crippen molar-refractivity contribution in [1.82, 2.24) is 4.90 Å². The molecule has 4 aromatic rings. The van der Waals surface area contributed by atoms with Gasteiger partial charge in [-0.25, -0.2) is 4.39 Å². The van der Waals surface area contributed by atoms with Gasteiger partial charge in [0.1, 0.15) is 5.82 Å². The molecule has 31 heavy (non-hydrogen) atoms. The molecule has 0 radical (unpaired) electrons. The van der Waals surface area contributed by atoms with E-state index in [0.717, 1.165) is 43.8 Å². The maximum Gasteiger partial charge on any atom is 0.293 e. The summed E-state index contributed by atoms with van der Waals surface area (Å²) in [4.78, 5) is 27.0. The Balaban J connectivity index is 1.60. The van der Waals surface area contributed by atoms with Crippen molar-refractivity contribution in [3.63, 3.8) is 0 Å². The summed E-state index contributed by atoms with van der Waals surface area (Å²) in [7, 11) is 0. The average molecular weight is 448 g/mol. The molecule has 1 fully saturated rings. The summed E-state index contributed by atoms with van der Waals surface area (Å²) in [5.74, 6) is -0.998. The minimum atomic E-state index is -0.546. The Hall–Kier alpha value is -3.15. The van der Waals surface area contributed by atoms with Gasteiger partial charge < -0.3 is 0 Å². The highest BCUT2D eigenvalue weighted by Gasteiger charge is 2.36. The van der Waals surface area contributed by atoms with Gasteiger partial charge in [-0.1, -0.05) is 66.2 Å². The minimum Gasteiger partial charge on any atom is -0.268 e. The highest BCUT2D eigenvalue weighted by Crippen LogP contribution is 2.37. The summed E-state index contributed by atoms with van der Waals surface area (Å²) in [6, 6.07) is 22.2. The number of hydrogen-bond donors (Lipinski definition) is 0. The molecular formula is C25H15ClFNO2S. The van der Waals surface area contributed by atoms with Crippen LogP contribution in [0.25, 0.3) is 27.6 Å². The van der Waals surface area contributed by atoms with Gasteiger partial charge in [0.15, 0.2) is 0 Å². The first-order chi connectivity index (χ1) is 15.0. The molecule has 3 nitrogen and oxygen atoms in total. The van der Waals surface area contributed by atoms with Crippen molar-refractivity contribution >= 4 is 62.1 Å². The Morgan fingerprint density at radius 2 is 1.55 bits per heavy atom. The van der Waals surface area contributed by atoms with Gasteiger partial charge >= 0.3 is 0 Å². The predicted molar refractivity (Wildman–Crippen MR) is 124 cm³/mol. The van der Waals surface area contributed by atoms with E-state index in [9.17, 15) is 14.0 Å². The third-order valence-electron chi connectivity index (χ3n) is 5.34. The van der Waals surface area contributed by atoms with Crippen LogP contribution < -0.4 is 0 Å². The van der Waals surface area contributed by atoms with Crippen LogP contribution >= 0.6 is 23.4 Å². The van der Waals surface area contributed by atoms with Crippen LogP contribution in [0.2, 0.25) is 5.02 Å². The second-order valence-electron chi connectivity index (χ2n) is 7.20. The largest absolute Gasteiger partial charge is 0.293 e. The van der Waals surface area contributed by atoms with Gasteiger partial charge in [0.2, 0.25) is 0 Å². The Bertz CT molecular complexity index is 1340. The molecule has 5 rings (SSSR count). The fraction of sp³-hybridized carbons (Fsp3) is 0.0400. The fourth-order valence-corrected chi connectivity index (χ4v) is 4.86. The van der Waals surface area contributed by atoms with Gasteiger partial charge in [-0.2, -0.15) is 0 Å². The van der Waals surface area contributed by atoms with Crippen molar-refractivity contribution < 1.29 is 14.0 Å². The number of carbonyl (C=O) groups excluding carboxylic acids is 2. The van der Waals surface area contributed by atoms with E-state index >= 15 is 0 Å². The smallest absolute Gasteiger partial charge is 0.268 e. The van der Waals surface area contributed by atoms with Crippen molar-refractivity contribution in [1.29, 1.82) is 0 Å². The zero-order chi connectivity index (χ0) is 21.5. The molecule has 1 aliphatic rings. The average Bonchev–Trinajstić information content (AvgIpc) is 3.03. The number of benzene rings is 4. The molecule has 152 valence electrons. The molecule has 0 aromatic heterocycles. The minimum absolute atomic E-state index is 0.128. The van der Waals surface area contributed by atoms with E-state index in [1.807, 2.05) is 48.5 Å². The summed E-state index contributed by atoms with van der Waals surface area (Å²) in [6.45, 7) is -0.205. The van der Waals surface area contributed by atoms with Gasteiger partial charge in [0.25, 0.3) is 11.1 Å². The number of amides is 2. The van der Waals surface area contributed by atoms with Crippen molar-refractivity contribution in [2.24, 2.45) is 0 Å². The summed E-state index contributed by atoms with van der Waals surface area (Å²) in [5, 5.41) is 3.81. The van der Waals surface area contributed by atoms with Crippen molar-refractivity contribution in [2.45, 2.75) is 6.54 Å². The molecule has 2 amide bonds. The third kappa shape index (κ3) is 3.50. The van der Waals surface area contributed by atoms with Gasteiger partial charge in [0, 0.05) is 10.6 Å². The summed E-state index contributed by atoms with van der Waals surface area (Å²) < 4.78 is 14.2. The zero-order valence-corrected chi connectivity index (χ0v) is 17.7. The highest BCUT2D eigenvalue weighted by molar-refractivity contribution is 8.18. The molecule has 6 heteroatoms. The number of nitrogens with zero attached hydrogens (tertiary/aromatic N) is 1. The predicted octanol–water partition coefficient (Wildman–Crippen LogP) is 7.02. The molecule has 0 N–H and O–H groups in total. The van der Waals surface area contributed by atoms with Gasteiger partial charge in [0.05, 0.1) is 11.4 Å². The first-order valence-electron chi connectivity index (χ1n) is 9.61. The lowest BCUT2D eigenvalue weighted by atomic mass is 9.96. The van der Waals surface area contributed by atoms with E-state index in [1.54, 1.807) is 6.08 Å². The van der Waals surface area contributed by atoms with Crippen LogP contribution in [0, 0.1) is 5.82 Å². The van der Waals surface area contributed by atoms with Crippen LogP contribution in [-0.4, -0.2) is 16.0 Å². The lowest BCUT2D eigenvalue weighted by molar-refractivity contribution is -0.123. The number of thioether (sulfide) groups is 1. The van der Waals surface area contributed by atoms with E-state index in [-0.39, 0.29) is 17.1 Å². The SMILES string of the molecule is O=C1S/C(=C/c2c3ccccc3cc3ccccc23)C(=O)N1Cc1c(F)cccc1Cl. The van der Waals surface area contributed by atoms with Crippen LogP contribution in [0.15, 0.2) is 77.7 Å². The first-order valence-corrected chi connectivity index (χ1v) is 10.8. The molecule has 0 unspecified atom stereocenters. The molecule has 1 heterocycles. The number of halogens is 2. The number of carbonyl (C=O) groups is 2. The second-order valence-corrected chi connectivity index (χ2v) is 8.60. The number of rotatable bonds is 3. The number of imide groups is 1. The quantitative estimate of drug-likeness (QED) is 0.250. The normalized spacial score (nSPS) is 15.5. The Morgan fingerprint density at radius 3 is 2.19 bits per heavy atom. The molecule has 4 aromatic carbocycles. The van der Waals surface area contributed by atoms with Gasteiger partial charge in [-0.05, 0) is 63.1 Å². The monoisotopic (exact) mass is 447 g/mol. The maximum atomic E-state index is 14.2. The van der Waals surface area contributed by atoms with Crippen LogP contribution in [0.1, 0.15) is 11.1 Å². The fourth-order valence-electron chi connectivity index (χ4n) is 3.81. The van der Waals surface area contributed by atoms with E-state index in [2.05, 4.69) is 6.07 Å². The van der Waals surface area contributed by atoms with Crippen LogP contribution in [-0.2, 0) is 11.3 Å². The molecule has 0 aliphatic carbocycles.